The summed E-state index contributed by atoms with van der Waals surface area (Å²) in [7, 11) is 0. The fourth-order valence-electron chi connectivity index (χ4n) is 6.72. The average molecular weight is 794 g/mol. The monoisotopic (exact) mass is 794 g/mol. The van der Waals surface area contributed by atoms with Crippen LogP contribution in [0, 0.1) is 0 Å². The largest absolute Gasteiger partial charge is 0.394 e. The number of hydrogen-bond acceptors (Lipinski definition) is 9. The highest BCUT2D eigenvalue weighted by molar-refractivity contribution is 5.80. The molecule has 1 saturated heterocycles. The summed E-state index contributed by atoms with van der Waals surface area (Å²) >= 11 is 0. The third-order valence-electron chi connectivity index (χ3n) is 10.4. The van der Waals surface area contributed by atoms with Crippen molar-refractivity contribution in [3.63, 3.8) is 0 Å². The Kier molecular flexibility index (Phi) is 33.7. The molecule has 10 nitrogen and oxygen atoms in total. The van der Waals surface area contributed by atoms with Crippen molar-refractivity contribution < 1.29 is 44.9 Å². The Morgan fingerprint density at radius 2 is 1.09 bits per heavy atom. The zero-order valence-electron chi connectivity index (χ0n) is 35.2. The molecular formula is C46H83NO9. The van der Waals surface area contributed by atoms with Crippen molar-refractivity contribution in [2.75, 3.05) is 13.2 Å². The van der Waals surface area contributed by atoms with E-state index in [4.69, 9.17) is 9.47 Å². The molecular weight excluding hydrogens is 711 g/mol. The lowest BCUT2D eigenvalue weighted by Gasteiger charge is -2.40. The van der Waals surface area contributed by atoms with Gasteiger partial charge in [-0.15, -0.1) is 0 Å². The number of carbonyl (C=O) groups excluding carboxylic acids is 1. The van der Waals surface area contributed by atoms with E-state index in [1.807, 2.05) is 6.08 Å². The van der Waals surface area contributed by atoms with E-state index in [1.165, 1.54) is 83.5 Å². The number of unbranched alkanes of at least 4 members (excludes halogenated alkanes) is 19. The summed E-state index contributed by atoms with van der Waals surface area (Å²) < 4.78 is 11.1. The Labute approximate surface area is 340 Å². The first kappa shape index (κ1) is 52.1. The van der Waals surface area contributed by atoms with Crippen LogP contribution in [-0.2, 0) is 14.3 Å². The van der Waals surface area contributed by atoms with Crippen LogP contribution in [0.4, 0.5) is 0 Å². The molecule has 1 aliphatic rings. The quantitative estimate of drug-likeness (QED) is 0.0245. The molecule has 1 aliphatic heterocycles. The highest BCUT2D eigenvalue weighted by atomic mass is 16.7. The van der Waals surface area contributed by atoms with E-state index in [1.54, 1.807) is 6.08 Å². The van der Waals surface area contributed by atoms with Crippen LogP contribution in [0.1, 0.15) is 174 Å². The van der Waals surface area contributed by atoms with Gasteiger partial charge in [-0.25, -0.2) is 0 Å². The van der Waals surface area contributed by atoms with Gasteiger partial charge >= 0.3 is 0 Å². The van der Waals surface area contributed by atoms with Crippen molar-refractivity contribution in [3.8, 4) is 0 Å². The normalized spacial score (nSPS) is 22.2. The highest BCUT2D eigenvalue weighted by Gasteiger charge is 2.44. The van der Waals surface area contributed by atoms with Gasteiger partial charge in [-0.1, -0.05) is 159 Å². The van der Waals surface area contributed by atoms with Crippen molar-refractivity contribution in [2.24, 2.45) is 0 Å². The molecule has 1 rings (SSSR count). The van der Waals surface area contributed by atoms with Gasteiger partial charge in [0, 0.05) is 0 Å². The molecule has 0 spiro atoms. The maximum absolute atomic E-state index is 13.0. The molecule has 10 heteroatoms. The molecule has 8 atom stereocenters. The highest BCUT2D eigenvalue weighted by Crippen LogP contribution is 2.22. The van der Waals surface area contributed by atoms with E-state index >= 15 is 0 Å². The second kappa shape index (κ2) is 36.2. The summed E-state index contributed by atoms with van der Waals surface area (Å²) in [4.78, 5) is 13.0. The zero-order valence-corrected chi connectivity index (χ0v) is 35.2. The van der Waals surface area contributed by atoms with Crippen molar-refractivity contribution in [1.82, 2.24) is 5.32 Å². The predicted molar refractivity (Wildman–Crippen MR) is 227 cm³/mol. The number of allylic oxidation sites excluding steroid dienone is 7. The lowest BCUT2D eigenvalue weighted by atomic mass is 9.99. The van der Waals surface area contributed by atoms with E-state index in [0.717, 1.165) is 57.8 Å². The van der Waals surface area contributed by atoms with Crippen LogP contribution in [0.25, 0.3) is 0 Å². The van der Waals surface area contributed by atoms with Gasteiger partial charge in [0.1, 0.15) is 30.5 Å². The fraction of sp³-hybridized carbons (Fsp3) is 0.804. The van der Waals surface area contributed by atoms with Gasteiger partial charge in [-0.2, -0.15) is 0 Å². The number of aliphatic hydroxyl groups excluding tert-OH is 6. The van der Waals surface area contributed by atoms with Gasteiger partial charge in [-0.3, -0.25) is 4.79 Å². The predicted octanol–water partition coefficient (Wildman–Crippen LogP) is 8.03. The molecule has 1 heterocycles. The second-order valence-electron chi connectivity index (χ2n) is 15.6. The number of aliphatic hydroxyl groups is 6. The first-order chi connectivity index (χ1) is 27.3. The molecule has 0 aromatic carbocycles. The van der Waals surface area contributed by atoms with Gasteiger partial charge in [0.25, 0.3) is 0 Å². The van der Waals surface area contributed by atoms with Crippen LogP contribution in [0.3, 0.4) is 0 Å². The Balaban J connectivity index is 2.40. The first-order valence-corrected chi connectivity index (χ1v) is 22.5. The summed E-state index contributed by atoms with van der Waals surface area (Å²) in [6, 6.07) is -1.00. The van der Waals surface area contributed by atoms with E-state index in [-0.39, 0.29) is 6.61 Å². The Morgan fingerprint density at radius 3 is 1.62 bits per heavy atom. The van der Waals surface area contributed by atoms with E-state index in [9.17, 15) is 35.4 Å². The molecule has 0 saturated carbocycles. The molecule has 7 N–H and O–H groups in total. The molecule has 0 aromatic heterocycles. The number of carbonyl (C=O) groups is 1. The number of amides is 1. The van der Waals surface area contributed by atoms with Crippen LogP contribution in [0.15, 0.2) is 48.6 Å². The van der Waals surface area contributed by atoms with Crippen LogP contribution < -0.4 is 5.32 Å². The summed E-state index contributed by atoms with van der Waals surface area (Å²) in [6.07, 6.45) is 35.0. The third-order valence-corrected chi connectivity index (χ3v) is 10.4. The van der Waals surface area contributed by atoms with Crippen molar-refractivity contribution in [2.45, 2.75) is 223 Å². The molecule has 0 aromatic rings. The van der Waals surface area contributed by atoms with Crippen LogP contribution >= 0.6 is 0 Å². The Morgan fingerprint density at radius 1 is 0.607 bits per heavy atom. The van der Waals surface area contributed by atoms with Gasteiger partial charge in [0.05, 0.1) is 25.4 Å². The minimum Gasteiger partial charge on any atom is -0.394 e. The molecule has 0 bridgehead atoms. The lowest BCUT2D eigenvalue weighted by molar-refractivity contribution is -0.302. The standard InChI is InChI=1S/C46H83NO9/c1-3-5-7-9-11-13-15-16-17-18-19-20-21-22-23-25-27-29-31-33-35-40(50)45(54)47-38(37-55-46-44(53)43(52)42(51)41(36-48)56-46)39(49)34-32-30-28-26-24-14-12-10-8-6-4-2/h8,10,20-21,24,26,32,34,38-44,46,48-53H,3-7,9,11-19,22-23,25,27-31,33,35-37H2,1-2H3,(H,47,54)/b10-8+,21-20-,26-24+,34-32+. The first-order valence-electron chi connectivity index (χ1n) is 22.5. The van der Waals surface area contributed by atoms with E-state index < -0.39 is 61.5 Å². The van der Waals surface area contributed by atoms with Crippen molar-refractivity contribution in [1.29, 1.82) is 0 Å². The molecule has 1 fully saturated rings. The van der Waals surface area contributed by atoms with Crippen LogP contribution in [0.5, 0.6) is 0 Å². The number of ether oxygens (including phenoxy) is 2. The van der Waals surface area contributed by atoms with Gasteiger partial charge in [0.2, 0.25) is 5.91 Å². The minimum absolute atomic E-state index is 0.292. The molecule has 56 heavy (non-hydrogen) atoms. The molecule has 0 radical (unpaired) electrons. The second-order valence-corrected chi connectivity index (χ2v) is 15.6. The van der Waals surface area contributed by atoms with E-state index in [2.05, 4.69) is 55.6 Å². The fourth-order valence-corrected chi connectivity index (χ4v) is 6.72. The summed E-state index contributed by atoms with van der Waals surface area (Å²) in [6.45, 7) is 3.49. The van der Waals surface area contributed by atoms with Crippen molar-refractivity contribution in [3.05, 3.63) is 48.6 Å². The number of rotatable bonds is 36. The maximum Gasteiger partial charge on any atom is 0.249 e. The van der Waals surface area contributed by atoms with Gasteiger partial charge in [0.15, 0.2) is 6.29 Å². The maximum atomic E-state index is 13.0. The molecule has 0 aliphatic carbocycles. The molecule has 8 unspecified atom stereocenters. The average Bonchev–Trinajstić information content (AvgIpc) is 3.20. The molecule has 326 valence electrons. The molecule has 1 amide bonds. The number of nitrogens with one attached hydrogen (secondary N) is 1. The summed E-state index contributed by atoms with van der Waals surface area (Å²) in [5.41, 5.74) is 0. The topological polar surface area (TPSA) is 169 Å². The minimum atomic E-state index is -1.62. The third kappa shape index (κ3) is 26.2. The Hall–Kier alpha value is -1.89. The number of hydrogen-bond donors (Lipinski definition) is 7. The SMILES string of the molecule is CCC/C=C/CC/C=C/CC/C=C/C(O)C(COC1OC(CO)C(O)C(O)C1O)NC(=O)C(O)CCCCCCCC/C=C\CCCCCCCCCCCC. The zero-order chi connectivity index (χ0) is 41.1. The lowest BCUT2D eigenvalue weighted by Crippen LogP contribution is -2.60. The summed E-state index contributed by atoms with van der Waals surface area (Å²) in [5, 5.41) is 64.4. The van der Waals surface area contributed by atoms with Crippen molar-refractivity contribution >= 4 is 5.91 Å². The van der Waals surface area contributed by atoms with E-state index in [0.29, 0.717) is 19.3 Å². The van der Waals surface area contributed by atoms with Gasteiger partial charge < -0.3 is 45.4 Å². The van der Waals surface area contributed by atoms with Gasteiger partial charge in [-0.05, 0) is 64.2 Å². The Bertz CT molecular complexity index is 1030. The smallest absolute Gasteiger partial charge is 0.249 e. The summed E-state index contributed by atoms with van der Waals surface area (Å²) in [5.74, 6) is -0.639. The van der Waals surface area contributed by atoms with Crippen LogP contribution in [-0.4, -0.2) is 98.7 Å². The van der Waals surface area contributed by atoms with Crippen LogP contribution in [0.2, 0.25) is 0 Å².